The van der Waals surface area contributed by atoms with Gasteiger partial charge in [-0.15, -0.1) is 0 Å². The second-order valence-electron chi connectivity index (χ2n) is 4.35. The maximum Gasteiger partial charge on any atom is 0.289 e. The van der Waals surface area contributed by atoms with Crippen LogP contribution in [0.4, 0.5) is 11.4 Å². The highest BCUT2D eigenvalue weighted by atomic mass is 16.5. The molecule has 1 aliphatic rings. The quantitative estimate of drug-likeness (QED) is 0.451. The van der Waals surface area contributed by atoms with E-state index in [1.165, 1.54) is 19.2 Å². The Balaban J connectivity index is 2.26. The van der Waals surface area contributed by atoms with Gasteiger partial charge in [0.2, 0.25) is 0 Å². The van der Waals surface area contributed by atoms with Crippen LogP contribution >= 0.6 is 0 Å². The van der Waals surface area contributed by atoms with Crippen LogP contribution in [0, 0.1) is 5.21 Å². The van der Waals surface area contributed by atoms with Crippen molar-refractivity contribution in [2.45, 2.75) is 12.8 Å². The molecule has 88 valence electrons. The topological polar surface area (TPSA) is 69.1 Å². The summed E-state index contributed by atoms with van der Waals surface area (Å²) in [7, 11) is 0. The Morgan fingerprint density at radius 1 is 1.29 bits per heavy atom. The lowest BCUT2D eigenvalue weighted by molar-refractivity contribution is -0.579. The summed E-state index contributed by atoms with van der Waals surface area (Å²) in [5.74, 6) is 0. The highest BCUT2D eigenvalue weighted by Crippen LogP contribution is 2.30. The number of nitrogens with two attached hydrogens (primary N) is 1. The van der Waals surface area contributed by atoms with Crippen molar-refractivity contribution in [2.75, 3.05) is 23.7 Å². The van der Waals surface area contributed by atoms with Gasteiger partial charge in [-0.3, -0.25) is 0 Å². The fourth-order valence-electron chi connectivity index (χ4n) is 2.45. The SMILES string of the molecule is Nc1ccc(N2CCCC2)c2cnc[n+]([O-])c12. The first-order chi connectivity index (χ1) is 8.27. The third-order valence-corrected chi connectivity index (χ3v) is 3.27. The van der Waals surface area contributed by atoms with E-state index < -0.39 is 0 Å². The molecule has 3 rings (SSSR count). The van der Waals surface area contributed by atoms with Crippen LogP contribution in [0.25, 0.3) is 10.9 Å². The monoisotopic (exact) mass is 230 g/mol. The molecule has 2 heterocycles. The van der Waals surface area contributed by atoms with Crippen molar-refractivity contribution in [1.82, 2.24) is 4.98 Å². The number of hydrogen-bond donors (Lipinski definition) is 1. The first-order valence-corrected chi connectivity index (χ1v) is 5.77. The molecule has 0 radical (unpaired) electrons. The molecule has 5 heteroatoms. The zero-order chi connectivity index (χ0) is 11.8. The average Bonchev–Trinajstić information content (AvgIpc) is 2.83. The van der Waals surface area contributed by atoms with Gasteiger partial charge >= 0.3 is 0 Å². The van der Waals surface area contributed by atoms with Gasteiger partial charge in [-0.05, 0) is 25.0 Å². The Kier molecular flexibility index (Phi) is 2.24. The summed E-state index contributed by atoms with van der Waals surface area (Å²) in [6.07, 6.45) is 5.35. The zero-order valence-corrected chi connectivity index (χ0v) is 9.47. The first-order valence-electron chi connectivity index (χ1n) is 5.77. The van der Waals surface area contributed by atoms with E-state index in [9.17, 15) is 5.21 Å². The summed E-state index contributed by atoms with van der Waals surface area (Å²) < 4.78 is 0.740. The van der Waals surface area contributed by atoms with E-state index in [1.807, 2.05) is 6.07 Å². The van der Waals surface area contributed by atoms with Crippen molar-refractivity contribution in [3.05, 3.63) is 29.9 Å². The van der Waals surface area contributed by atoms with Gasteiger partial charge in [-0.2, -0.15) is 0 Å². The number of fused-ring (bicyclic) bond motifs is 1. The average molecular weight is 230 g/mol. The predicted molar refractivity (Wildman–Crippen MR) is 66.6 cm³/mol. The summed E-state index contributed by atoms with van der Waals surface area (Å²) in [6, 6.07) is 3.77. The molecule has 0 atom stereocenters. The fourth-order valence-corrected chi connectivity index (χ4v) is 2.45. The Morgan fingerprint density at radius 3 is 2.82 bits per heavy atom. The minimum atomic E-state index is 0.500. The third-order valence-electron chi connectivity index (χ3n) is 3.27. The van der Waals surface area contributed by atoms with Gasteiger partial charge < -0.3 is 15.8 Å². The Morgan fingerprint density at radius 2 is 2.06 bits per heavy atom. The van der Waals surface area contributed by atoms with Crippen LogP contribution in [-0.4, -0.2) is 18.1 Å². The number of benzene rings is 1. The highest BCUT2D eigenvalue weighted by molar-refractivity contribution is 5.96. The number of anilines is 2. The van der Waals surface area contributed by atoms with Crippen LogP contribution in [0.2, 0.25) is 0 Å². The van der Waals surface area contributed by atoms with Crippen molar-refractivity contribution in [1.29, 1.82) is 0 Å². The summed E-state index contributed by atoms with van der Waals surface area (Å²) in [4.78, 5) is 6.24. The van der Waals surface area contributed by atoms with E-state index >= 15 is 0 Å². The minimum Gasteiger partial charge on any atom is -0.710 e. The molecule has 0 aliphatic carbocycles. The van der Waals surface area contributed by atoms with Gasteiger partial charge in [-0.25, -0.2) is 4.73 Å². The Hall–Kier alpha value is -2.04. The molecule has 2 N–H and O–H groups in total. The molecule has 1 aliphatic heterocycles. The largest absolute Gasteiger partial charge is 0.710 e. The van der Waals surface area contributed by atoms with E-state index in [-0.39, 0.29) is 0 Å². The van der Waals surface area contributed by atoms with Crippen LogP contribution in [0.15, 0.2) is 24.7 Å². The van der Waals surface area contributed by atoms with Crippen molar-refractivity contribution in [2.24, 2.45) is 0 Å². The molecule has 1 fully saturated rings. The summed E-state index contributed by atoms with van der Waals surface area (Å²) in [5.41, 5.74) is 7.94. The zero-order valence-electron chi connectivity index (χ0n) is 9.47. The van der Waals surface area contributed by atoms with Gasteiger partial charge in [-0.1, -0.05) is 4.98 Å². The van der Waals surface area contributed by atoms with Gasteiger partial charge in [0, 0.05) is 13.1 Å². The number of rotatable bonds is 1. The van der Waals surface area contributed by atoms with Crippen molar-refractivity contribution >= 4 is 22.3 Å². The summed E-state index contributed by atoms with van der Waals surface area (Å²) >= 11 is 0. The molecule has 0 spiro atoms. The lowest BCUT2D eigenvalue weighted by atomic mass is 10.1. The molecule has 0 saturated carbocycles. The molecule has 5 nitrogen and oxygen atoms in total. The first kappa shape index (κ1) is 10.1. The number of nitrogen functional groups attached to an aromatic ring is 1. The highest BCUT2D eigenvalue weighted by Gasteiger charge is 2.18. The van der Waals surface area contributed by atoms with E-state index in [1.54, 1.807) is 12.3 Å². The van der Waals surface area contributed by atoms with Crippen LogP contribution < -0.4 is 15.4 Å². The van der Waals surface area contributed by atoms with Gasteiger partial charge in [0.05, 0.1) is 16.8 Å². The molecule has 2 aromatic rings. The van der Waals surface area contributed by atoms with Crippen LogP contribution in [0.5, 0.6) is 0 Å². The lowest BCUT2D eigenvalue weighted by Gasteiger charge is -2.20. The maximum atomic E-state index is 11.7. The Labute approximate surface area is 99.1 Å². The molecule has 0 unspecified atom stereocenters. The second kappa shape index (κ2) is 3.76. The lowest BCUT2D eigenvalue weighted by Crippen LogP contribution is -2.29. The van der Waals surface area contributed by atoms with E-state index in [0.29, 0.717) is 11.2 Å². The maximum absolute atomic E-state index is 11.7. The van der Waals surface area contributed by atoms with Crippen molar-refractivity contribution in [3.63, 3.8) is 0 Å². The van der Waals surface area contributed by atoms with Gasteiger partial charge in [0.25, 0.3) is 6.33 Å². The molecule has 17 heavy (non-hydrogen) atoms. The Bertz CT molecular complexity index is 555. The van der Waals surface area contributed by atoms with E-state index in [4.69, 9.17) is 5.73 Å². The molecule has 0 amide bonds. The summed E-state index contributed by atoms with van der Waals surface area (Å²) in [5, 5.41) is 12.6. The van der Waals surface area contributed by atoms with E-state index in [0.717, 1.165) is 28.9 Å². The smallest absolute Gasteiger partial charge is 0.289 e. The molecule has 1 aromatic carbocycles. The molecule has 1 saturated heterocycles. The van der Waals surface area contributed by atoms with Crippen LogP contribution in [-0.2, 0) is 0 Å². The van der Waals surface area contributed by atoms with Gasteiger partial charge in [0.15, 0.2) is 11.7 Å². The summed E-state index contributed by atoms with van der Waals surface area (Å²) in [6.45, 7) is 2.07. The molecule has 1 aromatic heterocycles. The van der Waals surface area contributed by atoms with Crippen LogP contribution in [0.3, 0.4) is 0 Å². The molecular formula is C12H14N4O. The molecular weight excluding hydrogens is 216 g/mol. The van der Waals surface area contributed by atoms with Crippen molar-refractivity contribution in [3.8, 4) is 0 Å². The number of nitrogens with zero attached hydrogens (tertiary/aromatic N) is 3. The van der Waals surface area contributed by atoms with Crippen LogP contribution in [0.1, 0.15) is 12.8 Å². The predicted octanol–water partition coefficient (Wildman–Crippen LogP) is 1.05. The van der Waals surface area contributed by atoms with Crippen molar-refractivity contribution < 1.29 is 4.73 Å². The third kappa shape index (κ3) is 1.54. The fraction of sp³-hybridized carbons (Fsp3) is 0.333. The van der Waals surface area contributed by atoms with Gasteiger partial charge in [0.1, 0.15) is 0 Å². The number of hydrogen-bond acceptors (Lipinski definition) is 4. The minimum absolute atomic E-state index is 0.500. The second-order valence-corrected chi connectivity index (χ2v) is 4.35. The normalized spacial score (nSPS) is 15.6. The number of aromatic nitrogens is 2. The standard InChI is InChI=1S/C12H14N4O/c13-10-3-4-11(15-5-1-2-6-15)9-7-14-8-16(17)12(9)10/h3-4,7-8H,1-2,5-6,13H2. The molecule has 0 bridgehead atoms. The van der Waals surface area contributed by atoms with E-state index in [2.05, 4.69) is 9.88 Å².